The molecule has 1 aromatic carbocycles. The van der Waals surface area contributed by atoms with Crippen molar-refractivity contribution in [1.82, 2.24) is 15.1 Å². The predicted molar refractivity (Wildman–Crippen MR) is 109 cm³/mol. The first-order valence-electron chi connectivity index (χ1n) is 9.02. The topological polar surface area (TPSA) is 110 Å². The number of benzene rings is 1. The van der Waals surface area contributed by atoms with Crippen LogP contribution >= 0.6 is 0 Å². The van der Waals surface area contributed by atoms with Crippen molar-refractivity contribution in [3.8, 4) is 11.5 Å². The van der Waals surface area contributed by atoms with Crippen LogP contribution in [0.15, 0.2) is 27.4 Å². The number of aryl methyl sites for hydroxylation is 2. The smallest absolute Gasteiger partial charge is 0.277 e. The van der Waals surface area contributed by atoms with Gasteiger partial charge < -0.3 is 13.9 Å². The number of ether oxygens (including phenoxy) is 2. The van der Waals surface area contributed by atoms with Gasteiger partial charge in [-0.05, 0) is 27.0 Å². The number of likely N-dealkylation sites (N-methyl/N-ethyl adjacent to an activating group) is 1. The molecule has 0 aliphatic rings. The molecule has 9 heteroatoms. The van der Waals surface area contributed by atoms with Gasteiger partial charge in [-0.15, -0.1) is 0 Å². The molecule has 0 saturated heterocycles. The molecule has 1 amide bonds. The molecule has 0 radical (unpaired) electrons. The second kappa shape index (κ2) is 8.36. The fourth-order valence-electron chi connectivity index (χ4n) is 3.37. The van der Waals surface area contributed by atoms with Crippen LogP contribution in [-0.2, 0) is 11.3 Å². The number of nitrogens with zero attached hydrogens (tertiary/aromatic N) is 2. The molecule has 0 bridgehead atoms. The lowest BCUT2D eigenvalue weighted by molar-refractivity contribution is -0.117. The predicted octanol–water partition coefficient (Wildman–Crippen LogP) is 2.22. The Labute approximate surface area is 167 Å². The van der Waals surface area contributed by atoms with Crippen molar-refractivity contribution in [2.75, 3.05) is 33.1 Å². The van der Waals surface area contributed by atoms with Gasteiger partial charge >= 0.3 is 0 Å². The van der Waals surface area contributed by atoms with Crippen molar-refractivity contribution in [1.29, 1.82) is 0 Å². The van der Waals surface area contributed by atoms with E-state index in [-0.39, 0.29) is 18.3 Å². The van der Waals surface area contributed by atoms with Gasteiger partial charge in [0.15, 0.2) is 11.5 Å². The molecule has 0 aliphatic carbocycles. The Morgan fingerprint density at radius 3 is 2.69 bits per heavy atom. The minimum atomic E-state index is -0.410. The van der Waals surface area contributed by atoms with Crippen LogP contribution in [0.1, 0.15) is 17.0 Å². The minimum Gasteiger partial charge on any atom is -0.493 e. The Balaban J connectivity index is 1.75. The van der Waals surface area contributed by atoms with Gasteiger partial charge in [0.1, 0.15) is 11.1 Å². The molecular formula is C20H24N4O5. The zero-order valence-electron chi connectivity index (χ0n) is 17.1. The second-order valence-corrected chi connectivity index (χ2v) is 6.75. The SMILES string of the molecule is COc1cccc(CN(C)CC(=O)Nc2oc(C)c3c(C)n[nH]c(=O)c23)c1OC. The highest BCUT2D eigenvalue weighted by Crippen LogP contribution is 2.31. The second-order valence-electron chi connectivity index (χ2n) is 6.75. The summed E-state index contributed by atoms with van der Waals surface area (Å²) in [7, 11) is 4.96. The van der Waals surface area contributed by atoms with Crippen molar-refractivity contribution in [3.63, 3.8) is 0 Å². The van der Waals surface area contributed by atoms with Crippen molar-refractivity contribution < 1.29 is 18.7 Å². The van der Waals surface area contributed by atoms with E-state index in [1.165, 1.54) is 0 Å². The summed E-state index contributed by atoms with van der Waals surface area (Å²) < 4.78 is 16.4. The standard InChI is InChI=1S/C20H24N4O5/c1-11-16-12(2)29-20(17(16)19(26)23-22-11)21-15(25)10-24(3)9-13-7-6-8-14(27-4)18(13)28-5/h6-8H,9-10H2,1-5H3,(H,21,25)(H,23,26). The number of hydrogen-bond donors (Lipinski definition) is 2. The van der Waals surface area contributed by atoms with E-state index in [1.54, 1.807) is 28.1 Å². The molecule has 3 rings (SSSR count). The molecule has 154 valence electrons. The van der Waals surface area contributed by atoms with Gasteiger partial charge in [0, 0.05) is 12.1 Å². The van der Waals surface area contributed by atoms with E-state index in [9.17, 15) is 9.59 Å². The fourth-order valence-corrected chi connectivity index (χ4v) is 3.37. The third-order valence-corrected chi connectivity index (χ3v) is 4.59. The highest BCUT2D eigenvalue weighted by atomic mass is 16.5. The number of furan rings is 1. The number of nitrogens with one attached hydrogen (secondary N) is 2. The van der Waals surface area contributed by atoms with Crippen LogP contribution < -0.4 is 20.3 Å². The highest BCUT2D eigenvalue weighted by Gasteiger charge is 2.20. The Kier molecular flexibility index (Phi) is 5.88. The van der Waals surface area contributed by atoms with Crippen LogP contribution in [-0.4, -0.2) is 48.8 Å². The Morgan fingerprint density at radius 1 is 1.24 bits per heavy atom. The van der Waals surface area contributed by atoms with Crippen LogP contribution in [0.25, 0.3) is 10.8 Å². The van der Waals surface area contributed by atoms with E-state index in [0.717, 1.165) is 5.56 Å². The number of aromatic nitrogens is 2. The number of fused-ring (bicyclic) bond motifs is 1. The lowest BCUT2D eigenvalue weighted by Crippen LogP contribution is -2.30. The first-order chi connectivity index (χ1) is 13.8. The number of rotatable bonds is 7. The lowest BCUT2D eigenvalue weighted by atomic mass is 10.1. The summed E-state index contributed by atoms with van der Waals surface area (Å²) in [5.41, 5.74) is 1.11. The number of hydrogen-bond acceptors (Lipinski definition) is 7. The molecule has 29 heavy (non-hydrogen) atoms. The highest BCUT2D eigenvalue weighted by molar-refractivity contribution is 6.01. The summed E-state index contributed by atoms with van der Waals surface area (Å²) in [6, 6.07) is 5.59. The van der Waals surface area contributed by atoms with Gasteiger partial charge in [-0.25, -0.2) is 5.10 Å². The Bertz CT molecular complexity index is 1100. The molecule has 0 atom stereocenters. The zero-order valence-corrected chi connectivity index (χ0v) is 17.1. The maximum atomic E-state index is 12.5. The third kappa shape index (κ3) is 4.09. The third-order valence-electron chi connectivity index (χ3n) is 4.59. The van der Waals surface area contributed by atoms with E-state index in [2.05, 4.69) is 15.5 Å². The number of methoxy groups -OCH3 is 2. The quantitative estimate of drug-likeness (QED) is 0.626. The van der Waals surface area contributed by atoms with E-state index in [4.69, 9.17) is 13.9 Å². The molecule has 0 saturated carbocycles. The van der Waals surface area contributed by atoms with Gasteiger partial charge in [0.2, 0.25) is 11.8 Å². The molecule has 2 heterocycles. The van der Waals surface area contributed by atoms with Gasteiger partial charge in [-0.2, -0.15) is 5.10 Å². The van der Waals surface area contributed by atoms with E-state index >= 15 is 0 Å². The summed E-state index contributed by atoms with van der Waals surface area (Å²) in [5, 5.41) is 9.95. The lowest BCUT2D eigenvalue weighted by Gasteiger charge is -2.19. The molecular weight excluding hydrogens is 376 g/mol. The number of amides is 1. The number of carbonyl (C=O) groups excluding carboxylic acids is 1. The molecule has 3 aromatic rings. The normalized spacial score (nSPS) is 11.1. The molecule has 2 N–H and O–H groups in total. The summed E-state index contributed by atoms with van der Waals surface area (Å²) in [5.74, 6) is 1.61. The number of anilines is 1. The zero-order chi connectivity index (χ0) is 21.1. The minimum absolute atomic E-state index is 0.0869. The summed E-state index contributed by atoms with van der Waals surface area (Å²) >= 11 is 0. The maximum absolute atomic E-state index is 12.5. The molecule has 9 nitrogen and oxygen atoms in total. The summed E-state index contributed by atoms with van der Waals surface area (Å²) in [4.78, 5) is 26.5. The van der Waals surface area contributed by atoms with Crippen LogP contribution in [0.3, 0.4) is 0 Å². The largest absolute Gasteiger partial charge is 0.493 e. The number of carbonyl (C=O) groups is 1. The van der Waals surface area contributed by atoms with Crippen LogP contribution in [0, 0.1) is 13.8 Å². The average molecular weight is 400 g/mol. The number of para-hydroxylation sites is 1. The van der Waals surface area contributed by atoms with E-state index < -0.39 is 5.56 Å². The van der Waals surface area contributed by atoms with Crippen molar-refractivity contribution >= 4 is 22.6 Å². The maximum Gasteiger partial charge on any atom is 0.277 e. The average Bonchev–Trinajstić information content (AvgIpc) is 3.01. The Morgan fingerprint density at radius 2 is 2.00 bits per heavy atom. The molecule has 0 aliphatic heterocycles. The van der Waals surface area contributed by atoms with Crippen molar-refractivity contribution in [2.24, 2.45) is 0 Å². The van der Waals surface area contributed by atoms with Crippen molar-refractivity contribution in [3.05, 3.63) is 45.6 Å². The Hall–Kier alpha value is -3.33. The van der Waals surface area contributed by atoms with E-state index in [0.29, 0.717) is 40.3 Å². The number of aromatic amines is 1. The van der Waals surface area contributed by atoms with Crippen LogP contribution in [0.2, 0.25) is 0 Å². The first kappa shape index (κ1) is 20.4. The summed E-state index contributed by atoms with van der Waals surface area (Å²) in [6.45, 7) is 4.05. The van der Waals surface area contributed by atoms with Gasteiger partial charge in [-0.3, -0.25) is 19.8 Å². The molecule has 0 fully saturated rings. The summed E-state index contributed by atoms with van der Waals surface area (Å²) in [6.07, 6.45) is 0. The van der Waals surface area contributed by atoms with Crippen molar-refractivity contribution in [2.45, 2.75) is 20.4 Å². The molecule has 2 aromatic heterocycles. The monoisotopic (exact) mass is 400 g/mol. The van der Waals surface area contributed by atoms with Gasteiger partial charge in [0.05, 0.1) is 31.8 Å². The van der Waals surface area contributed by atoms with Gasteiger partial charge in [-0.1, -0.05) is 12.1 Å². The molecule has 0 unspecified atom stereocenters. The van der Waals surface area contributed by atoms with Gasteiger partial charge in [0.25, 0.3) is 5.56 Å². The number of H-pyrrole nitrogens is 1. The molecule has 0 spiro atoms. The van der Waals surface area contributed by atoms with E-state index in [1.807, 2.05) is 30.1 Å². The first-order valence-corrected chi connectivity index (χ1v) is 9.02. The van der Waals surface area contributed by atoms with Crippen LogP contribution in [0.4, 0.5) is 5.88 Å². The van der Waals surface area contributed by atoms with Crippen LogP contribution in [0.5, 0.6) is 11.5 Å². The fraction of sp³-hybridized carbons (Fsp3) is 0.350.